The number of thiol groups is 1. The van der Waals surface area contributed by atoms with Gasteiger partial charge in [-0.3, -0.25) is 0 Å². The number of hydrogen-bond acceptors (Lipinski definition) is 2. The Bertz CT molecular complexity index is 45.8. The number of hydrogen-bond donors (Lipinski definition) is 1. The Morgan fingerprint density at radius 2 is 2.12 bits per heavy atom. The van der Waals surface area contributed by atoms with E-state index in [0.29, 0.717) is 6.10 Å². The van der Waals surface area contributed by atoms with Crippen molar-refractivity contribution < 1.29 is 4.74 Å². The van der Waals surface area contributed by atoms with Crippen molar-refractivity contribution in [2.75, 3.05) is 12.4 Å². The van der Waals surface area contributed by atoms with Crippen LogP contribution in [0.4, 0.5) is 0 Å². The van der Waals surface area contributed by atoms with E-state index in [1.165, 1.54) is 0 Å². The molecule has 0 atom stereocenters. The molecule has 0 N–H and O–H groups in total. The Hall–Kier alpha value is 0.310. The van der Waals surface area contributed by atoms with Gasteiger partial charge in [-0.05, 0) is 26.0 Å². The highest BCUT2D eigenvalue weighted by molar-refractivity contribution is 7.80. The molecule has 0 saturated carbocycles. The third-order valence-corrected chi connectivity index (χ3v) is 1.07. The van der Waals surface area contributed by atoms with E-state index in [1.54, 1.807) is 0 Å². The fourth-order valence-electron chi connectivity index (χ4n) is 0.384. The van der Waals surface area contributed by atoms with Gasteiger partial charge in [0.05, 0.1) is 6.10 Å². The first-order chi connectivity index (χ1) is 3.77. The zero-order valence-corrected chi connectivity index (χ0v) is 6.45. The van der Waals surface area contributed by atoms with Gasteiger partial charge >= 0.3 is 0 Å². The lowest BCUT2D eigenvalue weighted by molar-refractivity contribution is 0.0800. The molecular formula is C6H14OS. The molecule has 0 amide bonds. The molecule has 0 aromatic carbocycles. The summed E-state index contributed by atoms with van der Waals surface area (Å²) in [6, 6.07) is 0. The second-order valence-electron chi connectivity index (χ2n) is 2.00. The molecular weight excluding hydrogens is 120 g/mol. The second kappa shape index (κ2) is 5.45. The highest BCUT2D eigenvalue weighted by Crippen LogP contribution is 1.90. The van der Waals surface area contributed by atoms with Crippen LogP contribution in [0.3, 0.4) is 0 Å². The average molecular weight is 134 g/mol. The average Bonchev–Trinajstić information content (AvgIpc) is 1.66. The molecule has 50 valence electrons. The van der Waals surface area contributed by atoms with E-state index in [0.717, 1.165) is 18.8 Å². The summed E-state index contributed by atoms with van der Waals surface area (Å²) in [5, 5.41) is 0. The molecule has 0 aliphatic carbocycles. The molecule has 0 heterocycles. The lowest BCUT2D eigenvalue weighted by Crippen LogP contribution is -2.03. The summed E-state index contributed by atoms with van der Waals surface area (Å²) in [6.07, 6.45) is 1.43. The van der Waals surface area contributed by atoms with Crippen LogP contribution in [0.5, 0.6) is 0 Å². The van der Waals surface area contributed by atoms with E-state index in [1.807, 2.05) is 13.8 Å². The molecule has 0 bridgehead atoms. The molecule has 2 heteroatoms. The van der Waals surface area contributed by atoms with Crippen molar-refractivity contribution in [2.24, 2.45) is 0 Å². The van der Waals surface area contributed by atoms with Crippen LogP contribution >= 0.6 is 12.6 Å². The Labute approximate surface area is 56.8 Å². The summed E-state index contributed by atoms with van der Waals surface area (Å²) in [6.45, 7) is 4.93. The van der Waals surface area contributed by atoms with Crippen molar-refractivity contribution in [3.8, 4) is 0 Å². The number of rotatable bonds is 4. The van der Waals surface area contributed by atoms with Crippen molar-refractivity contribution in [3.05, 3.63) is 0 Å². The largest absolute Gasteiger partial charge is 0.379 e. The van der Waals surface area contributed by atoms with Crippen LogP contribution in [-0.4, -0.2) is 18.5 Å². The van der Waals surface area contributed by atoms with E-state index in [2.05, 4.69) is 12.6 Å². The second-order valence-corrected chi connectivity index (χ2v) is 2.44. The predicted octanol–water partition coefficient (Wildman–Crippen LogP) is 1.73. The molecule has 8 heavy (non-hydrogen) atoms. The van der Waals surface area contributed by atoms with Gasteiger partial charge in [0.25, 0.3) is 0 Å². The van der Waals surface area contributed by atoms with E-state index >= 15 is 0 Å². The summed E-state index contributed by atoms with van der Waals surface area (Å²) in [7, 11) is 0. The van der Waals surface area contributed by atoms with Gasteiger partial charge in [-0.2, -0.15) is 12.6 Å². The molecule has 0 aliphatic rings. The molecule has 0 saturated heterocycles. The highest BCUT2D eigenvalue weighted by Gasteiger charge is 1.89. The van der Waals surface area contributed by atoms with Crippen LogP contribution < -0.4 is 0 Å². The maximum atomic E-state index is 5.23. The predicted molar refractivity (Wildman–Crippen MR) is 39.6 cm³/mol. The summed E-state index contributed by atoms with van der Waals surface area (Å²) in [4.78, 5) is 0. The van der Waals surface area contributed by atoms with Crippen molar-refractivity contribution in [1.29, 1.82) is 0 Å². The fraction of sp³-hybridized carbons (Fsp3) is 1.00. The van der Waals surface area contributed by atoms with Crippen molar-refractivity contribution >= 4 is 12.6 Å². The summed E-state index contributed by atoms with van der Waals surface area (Å²) in [5.74, 6) is 0.923. The zero-order valence-electron chi connectivity index (χ0n) is 5.55. The standard InChI is InChI=1S/C6H14OS/c1-6(2)7-4-3-5-8/h6,8H,3-5H2,1-2H3. The van der Waals surface area contributed by atoms with Gasteiger partial charge in [0.15, 0.2) is 0 Å². The minimum absolute atomic E-state index is 0.370. The van der Waals surface area contributed by atoms with Gasteiger partial charge in [0.2, 0.25) is 0 Å². The molecule has 0 fully saturated rings. The molecule has 0 aromatic rings. The van der Waals surface area contributed by atoms with Gasteiger partial charge < -0.3 is 4.74 Å². The Morgan fingerprint density at radius 1 is 1.50 bits per heavy atom. The zero-order chi connectivity index (χ0) is 6.41. The fourth-order valence-corrected chi connectivity index (χ4v) is 0.513. The van der Waals surface area contributed by atoms with Gasteiger partial charge in [-0.25, -0.2) is 0 Å². The minimum atomic E-state index is 0.370. The highest BCUT2D eigenvalue weighted by atomic mass is 32.1. The first-order valence-electron chi connectivity index (χ1n) is 3.00. The van der Waals surface area contributed by atoms with Gasteiger partial charge in [-0.1, -0.05) is 0 Å². The first-order valence-corrected chi connectivity index (χ1v) is 3.63. The van der Waals surface area contributed by atoms with Crippen LogP contribution in [0.2, 0.25) is 0 Å². The SMILES string of the molecule is CC(C)OCCCS. The summed E-state index contributed by atoms with van der Waals surface area (Å²) in [5.41, 5.74) is 0. The van der Waals surface area contributed by atoms with Crippen LogP contribution in [0.15, 0.2) is 0 Å². The molecule has 0 spiro atoms. The van der Waals surface area contributed by atoms with Crippen molar-refractivity contribution in [3.63, 3.8) is 0 Å². The van der Waals surface area contributed by atoms with Gasteiger partial charge in [0.1, 0.15) is 0 Å². The smallest absolute Gasteiger partial charge is 0.0518 e. The molecule has 0 rings (SSSR count). The van der Waals surface area contributed by atoms with E-state index < -0.39 is 0 Å². The molecule has 1 nitrogen and oxygen atoms in total. The van der Waals surface area contributed by atoms with Crippen LogP contribution in [0.25, 0.3) is 0 Å². The van der Waals surface area contributed by atoms with Gasteiger partial charge in [-0.15, -0.1) is 0 Å². The van der Waals surface area contributed by atoms with Crippen LogP contribution in [0.1, 0.15) is 20.3 Å². The Kier molecular flexibility index (Phi) is 5.66. The monoisotopic (exact) mass is 134 g/mol. The maximum Gasteiger partial charge on any atom is 0.0518 e. The normalized spacial score (nSPS) is 10.5. The third-order valence-electron chi connectivity index (χ3n) is 0.754. The summed E-state index contributed by atoms with van der Waals surface area (Å²) < 4.78 is 5.23. The van der Waals surface area contributed by atoms with Crippen LogP contribution in [0, 0.1) is 0 Å². The topological polar surface area (TPSA) is 9.23 Å². The van der Waals surface area contributed by atoms with Crippen LogP contribution in [-0.2, 0) is 4.74 Å². The van der Waals surface area contributed by atoms with E-state index in [4.69, 9.17) is 4.74 Å². The quantitative estimate of drug-likeness (QED) is 0.455. The first kappa shape index (κ1) is 8.31. The van der Waals surface area contributed by atoms with Gasteiger partial charge in [0, 0.05) is 6.61 Å². The maximum absolute atomic E-state index is 5.23. The van der Waals surface area contributed by atoms with Crippen molar-refractivity contribution in [2.45, 2.75) is 26.4 Å². The Balaban J connectivity index is 2.72. The molecule has 0 radical (unpaired) electrons. The molecule has 0 aromatic heterocycles. The van der Waals surface area contributed by atoms with Crippen molar-refractivity contribution in [1.82, 2.24) is 0 Å². The minimum Gasteiger partial charge on any atom is -0.379 e. The summed E-state index contributed by atoms with van der Waals surface area (Å²) >= 11 is 4.04. The molecule has 0 unspecified atom stereocenters. The lowest BCUT2D eigenvalue weighted by Gasteiger charge is -2.04. The number of ether oxygens (including phenoxy) is 1. The Morgan fingerprint density at radius 3 is 2.50 bits per heavy atom. The lowest BCUT2D eigenvalue weighted by atomic mass is 10.4. The third kappa shape index (κ3) is 6.31. The van der Waals surface area contributed by atoms with E-state index in [9.17, 15) is 0 Å². The van der Waals surface area contributed by atoms with E-state index in [-0.39, 0.29) is 0 Å². The molecule has 0 aliphatic heterocycles.